The average molecular weight is 403 g/mol. The molecular weight excluding hydrogens is 380 g/mol. The maximum atomic E-state index is 12.7. The number of methoxy groups -OCH3 is 1. The van der Waals surface area contributed by atoms with Crippen LogP contribution >= 0.6 is 0 Å². The Morgan fingerprint density at radius 2 is 2.03 bits per heavy atom. The van der Waals surface area contributed by atoms with Gasteiger partial charge in [0.2, 0.25) is 0 Å². The van der Waals surface area contributed by atoms with Gasteiger partial charge in [-0.15, -0.1) is 0 Å². The molecule has 1 aliphatic rings. The van der Waals surface area contributed by atoms with Crippen molar-refractivity contribution in [3.63, 3.8) is 0 Å². The molecule has 1 aromatic heterocycles. The molecule has 0 spiro atoms. The van der Waals surface area contributed by atoms with Gasteiger partial charge in [-0.3, -0.25) is 19.7 Å². The molecule has 0 saturated carbocycles. The second-order valence-corrected chi connectivity index (χ2v) is 6.78. The first kappa shape index (κ1) is 20.3. The van der Waals surface area contributed by atoms with E-state index in [1.165, 1.54) is 31.6 Å². The molecule has 3 rings (SSSR count). The van der Waals surface area contributed by atoms with Crippen LogP contribution in [0.25, 0.3) is 0 Å². The van der Waals surface area contributed by atoms with E-state index in [4.69, 9.17) is 9.15 Å². The van der Waals surface area contributed by atoms with Gasteiger partial charge < -0.3 is 24.3 Å². The number of carbonyl (C=O) groups excluding carboxylic acids is 2. The van der Waals surface area contributed by atoms with E-state index in [1.54, 1.807) is 17.0 Å². The highest BCUT2D eigenvalue weighted by Gasteiger charge is 2.32. The molecule has 0 unspecified atom stereocenters. The van der Waals surface area contributed by atoms with Crippen molar-refractivity contribution in [1.82, 2.24) is 4.90 Å². The maximum Gasteiger partial charge on any atom is 0.289 e. The quantitative estimate of drug-likeness (QED) is 0.537. The first-order valence-electron chi connectivity index (χ1n) is 9.21. The fraction of sp³-hybridized carbons (Fsp3) is 0.368. The van der Waals surface area contributed by atoms with Crippen molar-refractivity contribution in [2.24, 2.45) is 0 Å². The predicted octanol–water partition coefficient (Wildman–Crippen LogP) is 0.564. The molecule has 0 radical (unpaired) electrons. The van der Waals surface area contributed by atoms with Gasteiger partial charge in [0.25, 0.3) is 17.5 Å². The van der Waals surface area contributed by atoms with E-state index >= 15 is 0 Å². The Hall–Kier alpha value is -3.40. The van der Waals surface area contributed by atoms with Gasteiger partial charge in [0.1, 0.15) is 5.75 Å². The van der Waals surface area contributed by atoms with Crippen molar-refractivity contribution in [3.05, 3.63) is 52.5 Å². The van der Waals surface area contributed by atoms with Crippen LogP contribution < -0.4 is 15.0 Å². The number of nitro benzene ring substituents is 1. The fourth-order valence-corrected chi connectivity index (χ4v) is 3.31. The Bertz CT molecular complexity index is 890. The van der Waals surface area contributed by atoms with Crippen LogP contribution in [0.1, 0.15) is 17.5 Å². The largest absolute Gasteiger partial charge is 0.494 e. The predicted molar refractivity (Wildman–Crippen MR) is 103 cm³/mol. The molecule has 2 aromatic rings. The number of amides is 2. The Kier molecular flexibility index (Phi) is 6.13. The summed E-state index contributed by atoms with van der Waals surface area (Å²) in [5.74, 6) is 0.160. The number of hydrogen-bond acceptors (Lipinski definition) is 6. The number of quaternary nitrogens is 1. The van der Waals surface area contributed by atoms with Crippen LogP contribution in [0.4, 0.5) is 11.4 Å². The van der Waals surface area contributed by atoms with E-state index in [0.29, 0.717) is 37.6 Å². The first-order chi connectivity index (χ1) is 13.9. The van der Waals surface area contributed by atoms with Gasteiger partial charge in [0.15, 0.2) is 11.8 Å². The number of rotatable bonds is 6. The van der Waals surface area contributed by atoms with Crippen molar-refractivity contribution in [2.45, 2.75) is 13.0 Å². The zero-order valence-electron chi connectivity index (χ0n) is 16.2. The lowest BCUT2D eigenvalue weighted by atomic mass is 10.2. The Morgan fingerprint density at radius 3 is 2.62 bits per heavy atom. The molecule has 154 valence electrons. The molecule has 0 aliphatic carbocycles. The topological polar surface area (TPSA) is 119 Å². The molecule has 1 saturated heterocycles. The Balaban J connectivity index is 1.58. The summed E-state index contributed by atoms with van der Waals surface area (Å²) in [5.41, 5.74) is 0.261. The van der Waals surface area contributed by atoms with Crippen LogP contribution in [0.15, 0.2) is 41.0 Å². The Labute approximate surface area is 167 Å². The number of ether oxygens (including phenoxy) is 1. The molecule has 29 heavy (non-hydrogen) atoms. The lowest BCUT2D eigenvalue weighted by Crippen LogP contribution is -3.19. The molecule has 10 heteroatoms. The smallest absolute Gasteiger partial charge is 0.289 e. The standard InChI is InChI=1S/C19H22N4O6/c1-13(18(24)20-15-6-5-14(23(26)27)12-17(15)28-2)21-7-9-22(10-8-21)19(25)16-4-3-11-29-16/h3-6,11-13H,7-10H2,1-2H3,(H,20,24)/p+1/t13-/m1/s1. The zero-order valence-corrected chi connectivity index (χ0v) is 16.2. The van der Waals surface area contributed by atoms with E-state index in [0.717, 1.165) is 4.90 Å². The summed E-state index contributed by atoms with van der Waals surface area (Å²) in [6.07, 6.45) is 1.47. The first-order valence-corrected chi connectivity index (χ1v) is 9.21. The number of hydrogen-bond donors (Lipinski definition) is 2. The second kappa shape index (κ2) is 8.74. The van der Waals surface area contributed by atoms with Crippen molar-refractivity contribution < 1.29 is 28.6 Å². The summed E-state index contributed by atoms with van der Waals surface area (Å²) in [7, 11) is 1.39. The Morgan fingerprint density at radius 1 is 1.31 bits per heavy atom. The summed E-state index contributed by atoms with van der Waals surface area (Å²) < 4.78 is 10.3. The molecular formula is C19H23N4O6+. The van der Waals surface area contributed by atoms with Crippen LogP contribution in [0.3, 0.4) is 0 Å². The highest BCUT2D eigenvalue weighted by atomic mass is 16.6. The van der Waals surface area contributed by atoms with Gasteiger partial charge in [0.05, 0.1) is 56.2 Å². The van der Waals surface area contributed by atoms with Crippen LogP contribution in [0, 0.1) is 10.1 Å². The number of carbonyl (C=O) groups is 2. The van der Waals surface area contributed by atoms with Gasteiger partial charge in [-0.05, 0) is 25.1 Å². The summed E-state index contributed by atoms with van der Waals surface area (Å²) in [6.45, 7) is 4.10. The highest BCUT2D eigenvalue weighted by molar-refractivity contribution is 5.95. The summed E-state index contributed by atoms with van der Waals surface area (Å²) in [5, 5.41) is 13.7. The van der Waals surface area contributed by atoms with Crippen LogP contribution in [-0.2, 0) is 4.79 Å². The molecule has 1 fully saturated rings. The van der Waals surface area contributed by atoms with Crippen molar-refractivity contribution in [1.29, 1.82) is 0 Å². The highest BCUT2D eigenvalue weighted by Crippen LogP contribution is 2.28. The third kappa shape index (κ3) is 4.54. The summed E-state index contributed by atoms with van der Waals surface area (Å²) >= 11 is 0. The molecule has 10 nitrogen and oxygen atoms in total. The minimum atomic E-state index is -0.523. The number of nitro groups is 1. The van der Waals surface area contributed by atoms with Gasteiger partial charge in [-0.25, -0.2) is 0 Å². The van der Waals surface area contributed by atoms with E-state index in [9.17, 15) is 19.7 Å². The SMILES string of the molecule is COc1cc([N+](=O)[O-])ccc1NC(=O)[C@@H](C)[NH+]1CCN(C(=O)c2ccco2)CC1. The second-order valence-electron chi connectivity index (χ2n) is 6.78. The van der Waals surface area contributed by atoms with Crippen molar-refractivity contribution in [2.75, 3.05) is 38.6 Å². The van der Waals surface area contributed by atoms with Crippen molar-refractivity contribution >= 4 is 23.2 Å². The average Bonchev–Trinajstić information content (AvgIpc) is 3.27. The van der Waals surface area contributed by atoms with Gasteiger partial charge >= 0.3 is 0 Å². The molecule has 2 heterocycles. The molecule has 2 amide bonds. The monoisotopic (exact) mass is 403 g/mol. The maximum absolute atomic E-state index is 12.7. The number of non-ortho nitro benzene ring substituents is 1. The zero-order chi connectivity index (χ0) is 21.0. The minimum Gasteiger partial charge on any atom is -0.494 e. The van der Waals surface area contributed by atoms with Crippen molar-refractivity contribution in [3.8, 4) is 5.75 Å². The number of piperazine rings is 1. The summed E-state index contributed by atoms with van der Waals surface area (Å²) in [6, 6.07) is 6.98. The number of furan rings is 1. The summed E-state index contributed by atoms with van der Waals surface area (Å²) in [4.78, 5) is 38.2. The normalized spacial score (nSPS) is 15.6. The van der Waals surface area contributed by atoms with Crippen LogP contribution in [-0.4, -0.2) is 61.0 Å². The van der Waals surface area contributed by atoms with Gasteiger partial charge in [-0.2, -0.15) is 0 Å². The number of anilines is 1. The minimum absolute atomic E-state index is 0.115. The van der Waals surface area contributed by atoms with E-state index < -0.39 is 4.92 Å². The lowest BCUT2D eigenvalue weighted by molar-refractivity contribution is -0.917. The van der Waals surface area contributed by atoms with Gasteiger partial charge in [0, 0.05) is 6.07 Å². The number of nitrogens with zero attached hydrogens (tertiary/aromatic N) is 2. The molecule has 1 aromatic carbocycles. The number of benzene rings is 1. The molecule has 1 aliphatic heterocycles. The molecule has 2 N–H and O–H groups in total. The van der Waals surface area contributed by atoms with E-state index in [2.05, 4.69) is 5.32 Å². The van der Waals surface area contributed by atoms with E-state index in [-0.39, 0.29) is 29.3 Å². The molecule has 1 atom stereocenters. The van der Waals surface area contributed by atoms with E-state index in [1.807, 2.05) is 6.92 Å². The van der Waals surface area contributed by atoms with Crippen LogP contribution in [0.5, 0.6) is 5.75 Å². The third-order valence-corrected chi connectivity index (χ3v) is 5.08. The lowest BCUT2D eigenvalue weighted by Gasteiger charge is -2.34. The fourth-order valence-electron chi connectivity index (χ4n) is 3.31. The number of nitrogens with one attached hydrogen (secondary N) is 2. The third-order valence-electron chi connectivity index (χ3n) is 5.08. The van der Waals surface area contributed by atoms with Crippen LogP contribution in [0.2, 0.25) is 0 Å². The van der Waals surface area contributed by atoms with Gasteiger partial charge in [-0.1, -0.05) is 0 Å². The molecule has 0 bridgehead atoms.